The molecule has 0 aliphatic rings. The fourth-order valence-corrected chi connectivity index (χ4v) is 7.06. The van der Waals surface area contributed by atoms with Crippen molar-refractivity contribution in [3.8, 4) is 0 Å². The Hall–Kier alpha value is -6.00. The summed E-state index contributed by atoms with van der Waals surface area (Å²) in [6, 6.07) is 27.9. The van der Waals surface area contributed by atoms with E-state index in [0.717, 1.165) is 16.7 Å². The van der Waals surface area contributed by atoms with Gasteiger partial charge in [0.25, 0.3) is 0 Å². The molecule has 0 heterocycles. The van der Waals surface area contributed by atoms with Crippen molar-refractivity contribution in [2.75, 3.05) is 6.61 Å². The number of carbonyl (C=O) groups excluding carboxylic acids is 6. The maximum Gasteiger partial charge on any atom is 0.516 e. The smallest absolute Gasteiger partial charge is 0.481 e. The molecule has 0 bridgehead atoms. The van der Waals surface area contributed by atoms with Gasteiger partial charge < -0.3 is 39.2 Å². The van der Waals surface area contributed by atoms with Gasteiger partial charge in [0.1, 0.15) is 22.8 Å². The van der Waals surface area contributed by atoms with Gasteiger partial charge in [-0.3, -0.25) is 28.8 Å². The summed E-state index contributed by atoms with van der Waals surface area (Å²) in [5.74, 6) is -6.53. The van der Waals surface area contributed by atoms with E-state index < -0.39 is 88.5 Å². The summed E-state index contributed by atoms with van der Waals surface area (Å²) in [6.45, 7) is 23.6. The number of benzene rings is 3. The maximum atomic E-state index is 12.8. The normalized spacial score (nSPS) is 12.8. The summed E-state index contributed by atoms with van der Waals surface area (Å²) in [7, 11) is 0. The maximum absolute atomic E-state index is 12.8. The predicted octanol–water partition coefficient (Wildman–Crippen LogP) is 10.9. The van der Waals surface area contributed by atoms with Gasteiger partial charge in [-0.1, -0.05) is 119 Å². The topological polar surface area (TPSA) is 235 Å². The van der Waals surface area contributed by atoms with Crippen molar-refractivity contribution in [3.05, 3.63) is 108 Å². The Balaban J connectivity index is 0.00000112. The molecule has 0 fully saturated rings. The summed E-state index contributed by atoms with van der Waals surface area (Å²) in [5.41, 5.74) is 1.28. The van der Waals surface area contributed by atoms with E-state index in [1.807, 2.05) is 119 Å². The minimum Gasteiger partial charge on any atom is -0.481 e. The molecule has 0 aliphatic heterocycles. The molecule has 1 amide bonds. The molecule has 0 saturated carbocycles. The van der Waals surface area contributed by atoms with Crippen LogP contribution in [0.2, 0.25) is 0 Å². The van der Waals surface area contributed by atoms with Crippen LogP contribution in [-0.2, 0) is 95.1 Å². The van der Waals surface area contributed by atoms with Crippen LogP contribution in [0, 0.1) is 29.6 Å². The number of aliphatic carboxylic acids is 2. The standard InChI is InChI=1S/C22H33NO5.C21H30O6.C16H22O4.V/c1-15(2)13-18(21(26)27)23-20(25)17(14-19(24)28-22(3,4)5)12-11-16-9-7-6-8-10-16;1-15(2)14-25-20(24)26-19(23)17(13-18(22)27-21(3,4)5)12-11-16-9-7-6-8-10-16;1-16(2,3)20-14(17)11-13(15(18)19)10-9-12-7-5-4-6-8-12;/h6-10,15,17-18H,11-14H2,1-5H3,(H,23,25)(H,26,27);6-10,15,17H,11-14H2,1-5H3;4-8,13H,9-11H2,1-3H3,(H,18,19);/t17-,18+;17-;13-;/m111./s1. The third-order valence-corrected chi connectivity index (χ3v) is 10.5. The van der Waals surface area contributed by atoms with E-state index in [9.17, 15) is 48.6 Å². The SMILES string of the molecule is CC(C)(C)OC(=O)C[C@@H](CCc1ccccc1)C(=O)O.CC(C)COC(=O)OC(=O)[C@H](CCc1ccccc1)CC(=O)OC(C)(C)C.CC(C)C[C@H](NC(=O)[C@H](CCc1ccccc1)CC(=O)OC(C)(C)C)C(=O)O.[V]. The molecule has 3 rings (SSSR count). The zero-order valence-corrected chi connectivity index (χ0v) is 48.4. The molecule has 17 heteroatoms. The molecule has 3 aromatic carbocycles. The number of hydrogen-bond donors (Lipinski definition) is 3. The first-order valence-electron chi connectivity index (χ1n) is 25.7. The third-order valence-electron chi connectivity index (χ3n) is 10.5. The van der Waals surface area contributed by atoms with Crippen LogP contribution in [0.15, 0.2) is 91.0 Å². The van der Waals surface area contributed by atoms with Crippen molar-refractivity contribution in [2.45, 2.75) is 177 Å². The predicted molar refractivity (Wildman–Crippen MR) is 285 cm³/mol. The van der Waals surface area contributed by atoms with E-state index in [1.165, 1.54) is 0 Å². The molecule has 3 N–H and O–H groups in total. The van der Waals surface area contributed by atoms with Gasteiger partial charge in [0, 0.05) is 24.5 Å². The number of esters is 4. The molecule has 0 aliphatic carbocycles. The van der Waals surface area contributed by atoms with Crippen molar-refractivity contribution in [1.29, 1.82) is 0 Å². The average Bonchev–Trinajstić information content (AvgIpc) is 3.29. The van der Waals surface area contributed by atoms with Gasteiger partial charge in [0.05, 0.1) is 37.7 Å². The second-order valence-electron chi connectivity index (χ2n) is 22.3. The van der Waals surface area contributed by atoms with Crippen LogP contribution in [0.25, 0.3) is 0 Å². The van der Waals surface area contributed by atoms with Gasteiger partial charge in [0.15, 0.2) is 0 Å². The Morgan fingerprint density at radius 2 is 0.829 bits per heavy atom. The molecule has 0 saturated heterocycles. The first kappa shape index (κ1) is 70.0. The number of carboxylic acids is 2. The van der Waals surface area contributed by atoms with Crippen LogP contribution < -0.4 is 5.32 Å². The van der Waals surface area contributed by atoms with Crippen LogP contribution in [0.1, 0.15) is 152 Å². The minimum absolute atomic E-state index is 0. The zero-order chi connectivity index (χ0) is 56.9. The molecule has 76 heavy (non-hydrogen) atoms. The average molecular weight is 1100 g/mol. The summed E-state index contributed by atoms with van der Waals surface area (Å²) in [4.78, 5) is 95.6. The Morgan fingerprint density at radius 3 is 1.16 bits per heavy atom. The Labute approximate surface area is 463 Å². The number of aryl methyl sites for hydroxylation is 3. The summed E-state index contributed by atoms with van der Waals surface area (Å²) in [5, 5.41) is 21.2. The van der Waals surface area contributed by atoms with Gasteiger partial charge in [0.2, 0.25) is 5.91 Å². The number of nitrogens with one attached hydrogen (secondary N) is 1. The number of amides is 1. The number of ether oxygens (including phenoxy) is 5. The molecule has 421 valence electrons. The Kier molecular flexibility index (Phi) is 32.6. The molecule has 1 radical (unpaired) electrons. The monoisotopic (exact) mass is 1100 g/mol. The van der Waals surface area contributed by atoms with E-state index in [-0.39, 0.29) is 56.3 Å². The Morgan fingerprint density at radius 1 is 0.487 bits per heavy atom. The Bertz CT molecular complexity index is 2210. The largest absolute Gasteiger partial charge is 0.516 e. The quantitative estimate of drug-likeness (QED) is 0.0430. The minimum atomic E-state index is -1.07. The van der Waals surface area contributed by atoms with E-state index in [2.05, 4.69) is 5.32 Å². The van der Waals surface area contributed by atoms with Crippen LogP contribution >= 0.6 is 0 Å². The first-order valence-corrected chi connectivity index (χ1v) is 25.7. The molecule has 4 atom stereocenters. The van der Waals surface area contributed by atoms with Gasteiger partial charge in [-0.25, -0.2) is 9.59 Å². The number of carboxylic acid groups (broad SMARTS) is 2. The molecule has 0 spiro atoms. The molecule has 0 unspecified atom stereocenters. The van der Waals surface area contributed by atoms with E-state index in [0.29, 0.717) is 44.9 Å². The number of hydrogen-bond acceptors (Lipinski definition) is 13. The van der Waals surface area contributed by atoms with Gasteiger partial charge in [-0.05, 0) is 136 Å². The van der Waals surface area contributed by atoms with Crippen LogP contribution in [-0.4, -0.2) is 87.5 Å². The molecular weight excluding hydrogens is 1010 g/mol. The fraction of sp³-hybridized carbons (Fsp3) is 0.559. The zero-order valence-electron chi connectivity index (χ0n) is 47.1. The summed E-state index contributed by atoms with van der Waals surface area (Å²) >= 11 is 0. The molecule has 16 nitrogen and oxygen atoms in total. The van der Waals surface area contributed by atoms with Gasteiger partial charge in [-0.15, -0.1) is 0 Å². The van der Waals surface area contributed by atoms with Crippen molar-refractivity contribution >= 4 is 47.9 Å². The summed E-state index contributed by atoms with van der Waals surface area (Å²) in [6.07, 6.45) is 2.03. The van der Waals surface area contributed by atoms with Crippen LogP contribution in [0.3, 0.4) is 0 Å². The van der Waals surface area contributed by atoms with Crippen molar-refractivity contribution in [2.24, 2.45) is 29.6 Å². The van der Waals surface area contributed by atoms with Crippen molar-refractivity contribution in [3.63, 3.8) is 0 Å². The molecular formula is C59H85NO15V. The second-order valence-corrected chi connectivity index (χ2v) is 22.3. The van der Waals surface area contributed by atoms with E-state index >= 15 is 0 Å². The second kappa shape index (κ2) is 35.4. The molecule has 3 aromatic rings. The van der Waals surface area contributed by atoms with Crippen LogP contribution in [0.5, 0.6) is 0 Å². The third kappa shape index (κ3) is 35.3. The van der Waals surface area contributed by atoms with E-state index in [1.54, 1.807) is 62.3 Å². The van der Waals surface area contributed by atoms with Crippen LogP contribution in [0.4, 0.5) is 4.79 Å². The van der Waals surface area contributed by atoms with Crippen molar-refractivity contribution in [1.82, 2.24) is 5.32 Å². The van der Waals surface area contributed by atoms with E-state index in [4.69, 9.17) is 23.7 Å². The van der Waals surface area contributed by atoms with Gasteiger partial charge in [-0.2, -0.15) is 0 Å². The summed E-state index contributed by atoms with van der Waals surface area (Å²) < 4.78 is 25.5. The number of rotatable bonds is 24. The number of carbonyl (C=O) groups is 8. The van der Waals surface area contributed by atoms with Gasteiger partial charge >= 0.3 is 42.0 Å². The first-order chi connectivity index (χ1) is 34.8. The fourth-order valence-electron chi connectivity index (χ4n) is 7.06. The molecule has 0 aromatic heterocycles. The van der Waals surface area contributed by atoms with Crippen molar-refractivity contribution < 1.29 is 90.8 Å².